The van der Waals surface area contributed by atoms with Crippen LogP contribution < -0.4 is 0 Å². The molecule has 0 aliphatic rings. The molecule has 19 heavy (non-hydrogen) atoms. The maximum atomic E-state index is 11.0. The maximum Gasteiger partial charge on any atom is 0.335 e. The molecule has 0 unspecified atom stereocenters. The van der Waals surface area contributed by atoms with Crippen molar-refractivity contribution in [1.29, 1.82) is 5.26 Å². The smallest absolute Gasteiger partial charge is 0.335 e. The SMILES string of the molecule is CCCCc1c(C#N)cnc2ccc(C(=O)O)cc12. The number of nitrogens with zero attached hydrogens (tertiary/aromatic N) is 2. The number of nitriles is 1. The molecule has 0 atom stereocenters. The molecule has 1 heterocycles. The third-order valence-corrected chi connectivity index (χ3v) is 3.13. The van der Waals surface area contributed by atoms with Gasteiger partial charge in [-0.15, -0.1) is 0 Å². The van der Waals surface area contributed by atoms with Gasteiger partial charge in [-0.25, -0.2) is 4.79 Å². The van der Waals surface area contributed by atoms with E-state index < -0.39 is 5.97 Å². The lowest BCUT2D eigenvalue weighted by Gasteiger charge is -2.08. The normalized spacial score (nSPS) is 10.3. The highest BCUT2D eigenvalue weighted by atomic mass is 16.4. The molecular weight excluding hydrogens is 240 g/mol. The largest absolute Gasteiger partial charge is 0.478 e. The molecule has 2 rings (SSSR count). The van der Waals surface area contributed by atoms with Crippen LogP contribution in [0.4, 0.5) is 0 Å². The highest BCUT2D eigenvalue weighted by Gasteiger charge is 2.11. The third-order valence-electron chi connectivity index (χ3n) is 3.13. The van der Waals surface area contributed by atoms with Crippen molar-refractivity contribution >= 4 is 16.9 Å². The molecule has 0 bridgehead atoms. The molecule has 1 aromatic heterocycles. The van der Waals surface area contributed by atoms with Gasteiger partial charge in [-0.1, -0.05) is 13.3 Å². The van der Waals surface area contributed by atoms with E-state index in [1.165, 1.54) is 6.07 Å². The Morgan fingerprint density at radius 1 is 1.47 bits per heavy atom. The van der Waals surface area contributed by atoms with Crippen molar-refractivity contribution in [3.05, 3.63) is 41.1 Å². The predicted octanol–water partition coefficient (Wildman–Crippen LogP) is 3.15. The highest BCUT2D eigenvalue weighted by molar-refractivity contribution is 5.94. The first-order valence-electron chi connectivity index (χ1n) is 6.22. The molecule has 96 valence electrons. The van der Waals surface area contributed by atoms with Crippen LogP contribution in [0, 0.1) is 11.3 Å². The van der Waals surface area contributed by atoms with Crippen LogP contribution in [0.2, 0.25) is 0 Å². The Bertz CT molecular complexity index is 672. The zero-order valence-corrected chi connectivity index (χ0v) is 10.7. The fourth-order valence-corrected chi connectivity index (χ4v) is 2.10. The first-order chi connectivity index (χ1) is 9.17. The summed E-state index contributed by atoms with van der Waals surface area (Å²) in [5, 5.41) is 19.0. The van der Waals surface area contributed by atoms with Gasteiger partial charge < -0.3 is 5.11 Å². The van der Waals surface area contributed by atoms with Gasteiger partial charge in [0.1, 0.15) is 6.07 Å². The summed E-state index contributed by atoms with van der Waals surface area (Å²) >= 11 is 0. The number of rotatable bonds is 4. The van der Waals surface area contributed by atoms with E-state index in [9.17, 15) is 4.79 Å². The van der Waals surface area contributed by atoms with E-state index in [-0.39, 0.29) is 5.56 Å². The first-order valence-corrected chi connectivity index (χ1v) is 6.22. The molecule has 1 N–H and O–H groups in total. The second-order valence-corrected chi connectivity index (χ2v) is 4.40. The van der Waals surface area contributed by atoms with Crippen LogP contribution in [0.15, 0.2) is 24.4 Å². The van der Waals surface area contributed by atoms with Crippen LogP contribution in [-0.4, -0.2) is 16.1 Å². The van der Waals surface area contributed by atoms with Gasteiger partial charge in [-0.2, -0.15) is 5.26 Å². The number of carboxylic acids is 1. The maximum absolute atomic E-state index is 11.0. The van der Waals surface area contributed by atoms with Crippen LogP contribution >= 0.6 is 0 Å². The minimum atomic E-state index is -0.967. The number of aryl methyl sites for hydroxylation is 1. The van der Waals surface area contributed by atoms with Gasteiger partial charge in [-0.05, 0) is 36.6 Å². The summed E-state index contributed by atoms with van der Waals surface area (Å²) < 4.78 is 0. The Labute approximate surface area is 111 Å². The number of benzene rings is 1. The molecule has 0 radical (unpaired) electrons. The average Bonchev–Trinajstić information content (AvgIpc) is 2.43. The highest BCUT2D eigenvalue weighted by Crippen LogP contribution is 2.23. The van der Waals surface area contributed by atoms with E-state index >= 15 is 0 Å². The molecule has 4 heteroatoms. The Balaban J connectivity index is 2.67. The first kappa shape index (κ1) is 13.0. The number of carbonyl (C=O) groups is 1. The number of fused-ring (bicyclic) bond motifs is 1. The number of aromatic nitrogens is 1. The molecule has 0 aliphatic heterocycles. The van der Waals surface area contributed by atoms with Gasteiger partial charge in [0.15, 0.2) is 0 Å². The number of pyridine rings is 1. The molecule has 0 saturated heterocycles. The number of hydrogen-bond donors (Lipinski definition) is 1. The van der Waals surface area contributed by atoms with Crippen molar-refractivity contribution in [2.24, 2.45) is 0 Å². The molecule has 0 saturated carbocycles. The van der Waals surface area contributed by atoms with Crippen LogP contribution in [0.5, 0.6) is 0 Å². The zero-order valence-electron chi connectivity index (χ0n) is 10.7. The van der Waals surface area contributed by atoms with Gasteiger partial charge in [0, 0.05) is 11.6 Å². The summed E-state index contributed by atoms with van der Waals surface area (Å²) in [5.74, 6) is -0.967. The monoisotopic (exact) mass is 254 g/mol. The van der Waals surface area contributed by atoms with Crippen molar-refractivity contribution in [3.63, 3.8) is 0 Å². The van der Waals surface area contributed by atoms with Crippen LogP contribution in [-0.2, 0) is 6.42 Å². The number of aromatic carboxylic acids is 1. The molecule has 0 spiro atoms. The molecular formula is C15H14N2O2. The number of carboxylic acid groups (broad SMARTS) is 1. The Kier molecular flexibility index (Phi) is 3.76. The zero-order chi connectivity index (χ0) is 13.8. The average molecular weight is 254 g/mol. The van der Waals surface area contributed by atoms with Crippen molar-refractivity contribution in [1.82, 2.24) is 4.98 Å². The van der Waals surface area contributed by atoms with Crippen LogP contribution in [0.1, 0.15) is 41.3 Å². The fourth-order valence-electron chi connectivity index (χ4n) is 2.10. The molecule has 1 aromatic carbocycles. The fraction of sp³-hybridized carbons (Fsp3) is 0.267. The van der Waals surface area contributed by atoms with E-state index in [1.807, 2.05) is 0 Å². The Hall–Kier alpha value is -2.41. The van der Waals surface area contributed by atoms with E-state index in [2.05, 4.69) is 18.0 Å². The van der Waals surface area contributed by atoms with E-state index in [4.69, 9.17) is 10.4 Å². The topological polar surface area (TPSA) is 74.0 Å². The molecule has 0 fully saturated rings. The van der Waals surface area contributed by atoms with Crippen molar-refractivity contribution in [3.8, 4) is 6.07 Å². The number of unbranched alkanes of at least 4 members (excludes halogenated alkanes) is 1. The van der Waals surface area contributed by atoms with Gasteiger partial charge in [-0.3, -0.25) is 4.98 Å². The quantitative estimate of drug-likeness (QED) is 0.909. The lowest BCUT2D eigenvalue weighted by Crippen LogP contribution is -1.99. The Morgan fingerprint density at radius 3 is 2.89 bits per heavy atom. The van der Waals surface area contributed by atoms with E-state index in [0.717, 1.165) is 35.7 Å². The van der Waals surface area contributed by atoms with Crippen molar-refractivity contribution < 1.29 is 9.90 Å². The Morgan fingerprint density at radius 2 is 2.26 bits per heavy atom. The van der Waals surface area contributed by atoms with Gasteiger partial charge in [0.25, 0.3) is 0 Å². The minimum Gasteiger partial charge on any atom is -0.478 e. The summed E-state index contributed by atoms with van der Waals surface area (Å²) in [4.78, 5) is 15.2. The summed E-state index contributed by atoms with van der Waals surface area (Å²) in [5.41, 5.74) is 2.39. The second kappa shape index (κ2) is 5.49. The summed E-state index contributed by atoms with van der Waals surface area (Å²) in [6, 6.07) is 6.97. The van der Waals surface area contributed by atoms with Gasteiger partial charge >= 0.3 is 5.97 Å². The lowest BCUT2D eigenvalue weighted by atomic mass is 9.98. The van der Waals surface area contributed by atoms with E-state index in [0.29, 0.717) is 5.56 Å². The van der Waals surface area contributed by atoms with Crippen LogP contribution in [0.3, 0.4) is 0 Å². The standard InChI is InChI=1S/C15H14N2O2/c1-2-3-4-12-11(8-16)9-17-14-6-5-10(15(18)19)7-13(12)14/h5-7,9H,2-4H2,1H3,(H,18,19). The summed E-state index contributed by atoms with van der Waals surface area (Å²) in [7, 11) is 0. The van der Waals surface area contributed by atoms with Crippen molar-refractivity contribution in [2.45, 2.75) is 26.2 Å². The predicted molar refractivity (Wildman–Crippen MR) is 72.0 cm³/mol. The van der Waals surface area contributed by atoms with Gasteiger partial charge in [0.2, 0.25) is 0 Å². The third kappa shape index (κ3) is 2.55. The lowest BCUT2D eigenvalue weighted by molar-refractivity contribution is 0.0697. The van der Waals surface area contributed by atoms with Crippen LogP contribution in [0.25, 0.3) is 10.9 Å². The number of hydrogen-bond acceptors (Lipinski definition) is 3. The molecule has 0 aliphatic carbocycles. The van der Waals surface area contributed by atoms with Crippen molar-refractivity contribution in [2.75, 3.05) is 0 Å². The molecule has 4 nitrogen and oxygen atoms in total. The van der Waals surface area contributed by atoms with E-state index in [1.54, 1.807) is 18.3 Å². The summed E-state index contributed by atoms with van der Waals surface area (Å²) in [6.45, 7) is 2.08. The molecule has 0 amide bonds. The molecule has 2 aromatic rings. The van der Waals surface area contributed by atoms with Gasteiger partial charge in [0.05, 0.1) is 16.6 Å². The second-order valence-electron chi connectivity index (χ2n) is 4.40. The summed E-state index contributed by atoms with van der Waals surface area (Å²) in [6.07, 6.45) is 4.31. The minimum absolute atomic E-state index is 0.224.